The molecule has 2 rings (SSSR count). The highest BCUT2D eigenvalue weighted by molar-refractivity contribution is 5.85. The number of aromatic nitrogens is 1. The maximum absolute atomic E-state index is 10.8. The van der Waals surface area contributed by atoms with E-state index in [2.05, 4.69) is 23.2 Å². The van der Waals surface area contributed by atoms with Crippen molar-refractivity contribution < 1.29 is 4.42 Å². The van der Waals surface area contributed by atoms with E-state index in [-0.39, 0.29) is 0 Å². The van der Waals surface area contributed by atoms with E-state index in [4.69, 9.17) is 20.8 Å². The van der Waals surface area contributed by atoms with Crippen molar-refractivity contribution >= 4 is 17.3 Å². The van der Waals surface area contributed by atoms with Crippen molar-refractivity contribution in [2.75, 3.05) is 0 Å². The Hall–Kier alpha value is -3.06. The summed E-state index contributed by atoms with van der Waals surface area (Å²) < 4.78 is 4.84. The standard InChI is InChI=1S/C8H7N3O2.2CHN/c9-10-4-5-1-2-6-7(3-5)13-8(12)11-6;2*1-2/h1-4H,9H2,(H,11,12);2*1H. The Morgan fingerprint density at radius 1 is 1.35 bits per heavy atom. The molecule has 1 heterocycles. The van der Waals surface area contributed by atoms with Crippen molar-refractivity contribution in [2.45, 2.75) is 0 Å². The smallest absolute Gasteiger partial charge is 0.408 e. The highest BCUT2D eigenvalue weighted by Crippen LogP contribution is 2.10. The predicted octanol–water partition coefficient (Wildman–Crippen LogP) is 0.693. The van der Waals surface area contributed by atoms with Gasteiger partial charge >= 0.3 is 5.76 Å². The Kier molecular flexibility index (Phi) is 5.95. The van der Waals surface area contributed by atoms with Crippen molar-refractivity contribution in [1.82, 2.24) is 4.98 Å². The molecule has 0 radical (unpaired) electrons. The number of H-pyrrole nitrogens is 1. The molecule has 0 saturated carbocycles. The van der Waals surface area contributed by atoms with Crippen LogP contribution in [0.5, 0.6) is 0 Å². The molecule has 0 aliphatic rings. The Bertz CT molecular complexity index is 584. The van der Waals surface area contributed by atoms with Crippen LogP contribution in [0.4, 0.5) is 0 Å². The third-order valence-electron chi connectivity index (χ3n) is 1.67. The van der Waals surface area contributed by atoms with Gasteiger partial charge in [0.15, 0.2) is 5.58 Å². The van der Waals surface area contributed by atoms with E-state index in [1.807, 2.05) is 0 Å². The summed E-state index contributed by atoms with van der Waals surface area (Å²) in [5.74, 6) is 4.52. The highest BCUT2D eigenvalue weighted by Gasteiger charge is 1.99. The average molecular weight is 231 g/mol. The highest BCUT2D eigenvalue weighted by atomic mass is 16.4. The van der Waals surface area contributed by atoms with Crippen molar-refractivity contribution in [3.05, 3.63) is 34.3 Å². The molecule has 2 aromatic rings. The zero-order chi connectivity index (χ0) is 13.3. The van der Waals surface area contributed by atoms with Gasteiger partial charge in [-0.25, -0.2) is 15.3 Å². The Balaban J connectivity index is 0.000000581. The number of hydrogen-bond acceptors (Lipinski definition) is 6. The lowest BCUT2D eigenvalue weighted by Gasteiger charge is -1.89. The summed E-state index contributed by atoms with van der Waals surface area (Å²) in [5, 5.41) is 16.4. The molecule has 0 amide bonds. The van der Waals surface area contributed by atoms with Gasteiger partial charge in [-0.15, -0.1) is 0 Å². The lowest BCUT2D eigenvalue weighted by Crippen LogP contribution is -1.92. The molecule has 0 spiro atoms. The second-order valence-corrected chi connectivity index (χ2v) is 2.55. The van der Waals surface area contributed by atoms with E-state index in [1.54, 1.807) is 18.2 Å². The van der Waals surface area contributed by atoms with E-state index in [9.17, 15) is 4.79 Å². The van der Waals surface area contributed by atoms with Gasteiger partial charge in [0.2, 0.25) is 0 Å². The van der Waals surface area contributed by atoms with Crippen LogP contribution in [0.15, 0.2) is 32.5 Å². The minimum atomic E-state index is -0.461. The first-order valence-electron chi connectivity index (χ1n) is 4.17. The average Bonchev–Trinajstić information content (AvgIpc) is 2.74. The largest absolute Gasteiger partial charge is 0.417 e. The molecule has 0 fully saturated rings. The summed E-state index contributed by atoms with van der Waals surface area (Å²) in [5.41, 5.74) is 1.96. The fourth-order valence-electron chi connectivity index (χ4n) is 1.13. The van der Waals surface area contributed by atoms with Gasteiger partial charge in [-0.3, -0.25) is 4.98 Å². The fourth-order valence-corrected chi connectivity index (χ4v) is 1.13. The van der Waals surface area contributed by atoms with Gasteiger partial charge < -0.3 is 10.3 Å². The van der Waals surface area contributed by atoms with Crippen LogP contribution < -0.4 is 11.6 Å². The van der Waals surface area contributed by atoms with Crippen LogP contribution in [-0.2, 0) is 0 Å². The number of benzene rings is 1. The number of aromatic amines is 1. The first-order valence-corrected chi connectivity index (χ1v) is 4.17. The van der Waals surface area contributed by atoms with Crippen LogP contribution in [-0.4, -0.2) is 11.2 Å². The molecule has 3 N–H and O–H groups in total. The number of nitriles is 2. The van der Waals surface area contributed by atoms with Crippen molar-refractivity contribution in [3.8, 4) is 13.1 Å². The van der Waals surface area contributed by atoms with Crippen LogP contribution in [0.25, 0.3) is 11.1 Å². The molecule has 1 aromatic carbocycles. The molecule has 0 aliphatic carbocycles. The summed E-state index contributed by atoms with van der Waals surface area (Å²) >= 11 is 0. The van der Waals surface area contributed by atoms with Gasteiger partial charge in [0, 0.05) is 13.1 Å². The molecule has 0 unspecified atom stereocenters. The molecule has 0 atom stereocenters. The lowest BCUT2D eigenvalue weighted by molar-refractivity contribution is 0.555. The number of nitrogens with two attached hydrogens (primary N) is 1. The molecule has 0 aliphatic heterocycles. The zero-order valence-electron chi connectivity index (χ0n) is 8.70. The molecule has 7 nitrogen and oxygen atoms in total. The number of nitrogens with zero attached hydrogens (tertiary/aromatic N) is 3. The number of hydrazone groups is 1. The Morgan fingerprint density at radius 2 is 2.00 bits per heavy atom. The van der Waals surface area contributed by atoms with Gasteiger partial charge in [0.05, 0.1) is 11.7 Å². The van der Waals surface area contributed by atoms with E-state index in [0.717, 1.165) is 5.56 Å². The third kappa shape index (κ3) is 3.53. The van der Waals surface area contributed by atoms with Gasteiger partial charge in [-0.05, 0) is 17.7 Å². The van der Waals surface area contributed by atoms with Crippen molar-refractivity contribution in [1.29, 1.82) is 10.5 Å². The van der Waals surface area contributed by atoms with Crippen LogP contribution in [0, 0.1) is 23.7 Å². The van der Waals surface area contributed by atoms with Gasteiger partial charge in [-0.1, -0.05) is 6.07 Å². The third-order valence-corrected chi connectivity index (χ3v) is 1.67. The summed E-state index contributed by atoms with van der Waals surface area (Å²) in [6.07, 6.45) is 1.48. The second-order valence-electron chi connectivity index (χ2n) is 2.55. The summed E-state index contributed by atoms with van der Waals surface area (Å²) in [6, 6.07) is 5.20. The van der Waals surface area contributed by atoms with Crippen LogP contribution >= 0.6 is 0 Å². The van der Waals surface area contributed by atoms with E-state index >= 15 is 0 Å². The first-order chi connectivity index (χ1) is 8.29. The summed E-state index contributed by atoms with van der Waals surface area (Å²) in [6.45, 7) is 7.00. The molecule has 17 heavy (non-hydrogen) atoms. The fraction of sp³-hybridized carbons (Fsp3) is 0. The van der Waals surface area contributed by atoms with Crippen molar-refractivity contribution in [3.63, 3.8) is 0 Å². The maximum Gasteiger partial charge on any atom is 0.417 e. The van der Waals surface area contributed by atoms with Gasteiger partial charge in [0.25, 0.3) is 0 Å². The Morgan fingerprint density at radius 3 is 2.59 bits per heavy atom. The lowest BCUT2D eigenvalue weighted by atomic mass is 10.2. The van der Waals surface area contributed by atoms with Gasteiger partial charge in [0.1, 0.15) is 0 Å². The molecule has 0 bridgehead atoms. The van der Waals surface area contributed by atoms with Crippen LogP contribution in [0.2, 0.25) is 0 Å². The second kappa shape index (κ2) is 7.26. The van der Waals surface area contributed by atoms with Crippen molar-refractivity contribution in [2.24, 2.45) is 10.9 Å². The van der Waals surface area contributed by atoms with Crippen LogP contribution in [0.3, 0.4) is 0 Å². The normalized spacial score (nSPS) is 8.94. The minimum Gasteiger partial charge on any atom is -0.408 e. The summed E-state index contributed by atoms with van der Waals surface area (Å²) in [4.78, 5) is 13.3. The number of fused-ring (bicyclic) bond motifs is 1. The number of oxazole rings is 1. The zero-order valence-corrected chi connectivity index (χ0v) is 8.70. The maximum atomic E-state index is 10.8. The molecule has 1 aromatic heterocycles. The number of nitrogens with one attached hydrogen (secondary N) is 1. The van der Waals surface area contributed by atoms with Crippen LogP contribution in [0.1, 0.15) is 5.56 Å². The molecule has 0 saturated heterocycles. The quantitative estimate of drug-likeness (QED) is 0.423. The van der Waals surface area contributed by atoms with Gasteiger partial charge in [-0.2, -0.15) is 5.10 Å². The van der Waals surface area contributed by atoms with E-state index in [0.29, 0.717) is 11.1 Å². The van der Waals surface area contributed by atoms with E-state index in [1.165, 1.54) is 6.21 Å². The summed E-state index contributed by atoms with van der Waals surface area (Å²) in [7, 11) is 0. The van der Waals surface area contributed by atoms with E-state index < -0.39 is 5.76 Å². The minimum absolute atomic E-state index is 0.461. The molecular formula is C10H9N5O2. The first kappa shape index (κ1) is 13.9. The topological polar surface area (TPSA) is 132 Å². The SMILES string of the molecule is C#N.C#N.NN=Cc1ccc2[nH]c(=O)oc2c1. The molecular weight excluding hydrogens is 222 g/mol. The predicted molar refractivity (Wildman–Crippen MR) is 62.0 cm³/mol. The number of rotatable bonds is 1. The number of hydrogen-bond donors (Lipinski definition) is 2. The molecule has 7 heteroatoms. The molecule has 86 valence electrons. The monoisotopic (exact) mass is 231 g/mol. The Labute approximate surface area is 96.4 Å².